The maximum absolute atomic E-state index is 10.8. The maximum atomic E-state index is 10.8. The van der Waals surface area contributed by atoms with Gasteiger partial charge < -0.3 is 10.8 Å². The van der Waals surface area contributed by atoms with Crippen molar-refractivity contribution in [1.29, 1.82) is 0 Å². The van der Waals surface area contributed by atoms with E-state index < -0.39 is 11.4 Å². The zero-order valence-electron chi connectivity index (χ0n) is 11.1. The Morgan fingerprint density at radius 1 is 1.39 bits per heavy atom. The number of nitrogens with two attached hydrogens (primary N) is 1. The van der Waals surface area contributed by atoms with Crippen LogP contribution < -0.4 is 5.73 Å². The van der Waals surface area contributed by atoms with Crippen LogP contribution in [0.4, 0.5) is 0 Å². The summed E-state index contributed by atoms with van der Waals surface area (Å²) in [6.45, 7) is 5.89. The molecule has 0 bridgehead atoms. The van der Waals surface area contributed by atoms with E-state index in [9.17, 15) is 4.79 Å². The van der Waals surface area contributed by atoms with Gasteiger partial charge in [0.25, 0.3) is 0 Å². The fraction of sp³-hybridized carbons (Fsp3) is 0.500. The van der Waals surface area contributed by atoms with Crippen LogP contribution in [0.5, 0.6) is 0 Å². The molecule has 0 radical (unpaired) electrons. The Labute approximate surface area is 113 Å². The SMILES string of the molecule is CCSc1ccc(C(N)C(C)(C)CC(=O)O)cc1. The summed E-state index contributed by atoms with van der Waals surface area (Å²) in [5, 5.41) is 8.90. The van der Waals surface area contributed by atoms with Gasteiger partial charge in [0, 0.05) is 10.9 Å². The fourth-order valence-electron chi connectivity index (χ4n) is 1.89. The molecule has 0 amide bonds. The third-order valence-electron chi connectivity index (χ3n) is 3.00. The average molecular weight is 267 g/mol. The van der Waals surface area contributed by atoms with Crippen molar-refractivity contribution in [3.63, 3.8) is 0 Å². The van der Waals surface area contributed by atoms with Gasteiger partial charge >= 0.3 is 5.97 Å². The Hall–Kier alpha value is -1.00. The van der Waals surface area contributed by atoms with Gasteiger partial charge in [-0.15, -0.1) is 11.8 Å². The van der Waals surface area contributed by atoms with Crippen LogP contribution in [0.25, 0.3) is 0 Å². The van der Waals surface area contributed by atoms with Gasteiger partial charge in [0.1, 0.15) is 0 Å². The second-order valence-electron chi connectivity index (χ2n) is 5.04. The molecule has 0 heterocycles. The van der Waals surface area contributed by atoms with E-state index in [-0.39, 0.29) is 12.5 Å². The van der Waals surface area contributed by atoms with E-state index in [1.54, 1.807) is 11.8 Å². The first-order chi connectivity index (χ1) is 8.36. The maximum Gasteiger partial charge on any atom is 0.303 e. The molecule has 3 nitrogen and oxygen atoms in total. The van der Waals surface area contributed by atoms with Crippen LogP contribution in [0.15, 0.2) is 29.2 Å². The van der Waals surface area contributed by atoms with E-state index in [2.05, 4.69) is 6.92 Å². The first-order valence-corrected chi connectivity index (χ1v) is 7.05. The number of carbonyl (C=O) groups is 1. The molecule has 100 valence electrons. The monoisotopic (exact) mass is 267 g/mol. The lowest BCUT2D eigenvalue weighted by atomic mass is 9.78. The largest absolute Gasteiger partial charge is 0.481 e. The summed E-state index contributed by atoms with van der Waals surface area (Å²) in [6, 6.07) is 7.80. The number of hydrogen-bond acceptors (Lipinski definition) is 3. The van der Waals surface area contributed by atoms with E-state index in [4.69, 9.17) is 10.8 Å². The molecule has 0 aliphatic carbocycles. The molecule has 1 aromatic carbocycles. The predicted octanol–water partition coefficient (Wildman–Crippen LogP) is 3.30. The standard InChI is InChI=1S/C14H21NO2S/c1-4-18-11-7-5-10(6-8-11)13(15)14(2,3)9-12(16)17/h5-8,13H,4,9,15H2,1-3H3,(H,16,17). The van der Waals surface area contributed by atoms with Crippen LogP contribution in [-0.2, 0) is 4.79 Å². The zero-order chi connectivity index (χ0) is 13.8. The number of carboxylic acid groups (broad SMARTS) is 1. The fourth-order valence-corrected chi connectivity index (χ4v) is 2.55. The molecule has 0 spiro atoms. The molecule has 1 atom stereocenters. The Balaban J connectivity index is 2.82. The summed E-state index contributed by atoms with van der Waals surface area (Å²) < 4.78 is 0. The lowest BCUT2D eigenvalue weighted by Gasteiger charge is -2.30. The Kier molecular flexibility index (Phi) is 5.23. The van der Waals surface area contributed by atoms with Crippen LogP contribution in [-0.4, -0.2) is 16.8 Å². The highest BCUT2D eigenvalue weighted by Gasteiger charge is 2.30. The number of carboxylic acids is 1. The Bertz CT molecular complexity index is 401. The number of aliphatic carboxylic acids is 1. The molecule has 1 unspecified atom stereocenters. The molecule has 1 aromatic rings. The lowest BCUT2D eigenvalue weighted by molar-refractivity contribution is -0.139. The topological polar surface area (TPSA) is 63.3 Å². The minimum absolute atomic E-state index is 0.0691. The van der Waals surface area contributed by atoms with E-state index >= 15 is 0 Å². The third kappa shape index (κ3) is 4.03. The van der Waals surface area contributed by atoms with Crippen molar-refractivity contribution in [2.45, 2.75) is 38.1 Å². The smallest absolute Gasteiger partial charge is 0.303 e. The van der Waals surface area contributed by atoms with Gasteiger partial charge in [-0.05, 0) is 28.9 Å². The lowest BCUT2D eigenvalue weighted by Crippen LogP contribution is -2.31. The molecule has 18 heavy (non-hydrogen) atoms. The predicted molar refractivity (Wildman–Crippen MR) is 75.8 cm³/mol. The van der Waals surface area contributed by atoms with Crippen molar-refractivity contribution in [3.8, 4) is 0 Å². The molecule has 1 rings (SSSR count). The zero-order valence-corrected chi connectivity index (χ0v) is 12.0. The summed E-state index contributed by atoms with van der Waals surface area (Å²) in [4.78, 5) is 12.0. The second kappa shape index (κ2) is 6.25. The van der Waals surface area contributed by atoms with Crippen LogP contribution in [0, 0.1) is 5.41 Å². The Morgan fingerprint density at radius 2 is 1.94 bits per heavy atom. The van der Waals surface area contributed by atoms with Crippen molar-refractivity contribution in [2.75, 3.05) is 5.75 Å². The highest BCUT2D eigenvalue weighted by molar-refractivity contribution is 7.99. The molecule has 0 saturated carbocycles. The van der Waals surface area contributed by atoms with E-state index in [1.165, 1.54) is 4.90 Å². The summed E-state index contributed by atoms with van der Waals surface area (Å²) in [5.41, 5.74) is 6.71. The van der Waals surface area contributed by atoms with Crippen molar-refractivity contribution in [2.24, 2.45) is 11.1 Å². The number of benzene rings is 1. The summed E-state index contributed by atoms with van der Waals surface area (Å²) in [6.07, 6.45) is 0.0691. The first-order valence-electron chi connectivity index (χ1n) is 6.07. The van der Waals surface area contributed by atoms with Gasteiger partial charge in [-0.1, -0.05) is 32.9 Å². The number of rotatable bonds is 6. The van der Waals surface area contributed by atoms with E-state index in [0.717, 1.165) is 11.3 Å². The molecule has 0 aliphatic heterocycles. The average Bonchev–Trinajstić information content (AvgIpc) is 2.28. The highest BCUT2D eigenvalue weighted by Crippen LogP contribution is 2.35. The molecule has 0 saturated heterocycles. The van der Waals surface area contributed by atoms with E-state index in [1.807, 2.05) is 38.1 Å². The summed E-state index contributed by atoms with van der Waals surface area (Å²) in [7, 11) is 0. The van der Waals surface area contributed by atoms with Crippen molar-refractivity contribution in [1.82, 2.24) is 0 Å². The number of hydrogen-bond donors (Lipinski definition) is 2. The molecular weight excluding hydrogens is 246 g/mol. The first kappa shape index (κ1) is 15.1. The van der Waals surface area contributed by atoms with Crippen molar-refractivity contribution >= 4 is 17.7 Å². The summed E-state index contributed by atoms with van der Waals surface area (Å²) in [5.74, 6) is 0.226. The van der Waals surface area contributed by atoms with Gasteiger partial charge in [-0.2, -0.15) is 0 Å². The highest BCUT2D eigenvalue weighted by atomic mass is 32.2. The minimum atomic E-state index is -0.811. The molecule has 0 aromatic heterocycles. The quantitative estimate of drug-likeness (QED) is 0.776. The van der Waals surface area contributed by atoms with Crippen molar-refractivity contribution < 1.29 is 9.90 Å². The van der Waals surface area contributed by atoms with Gasteiger partial charge in [-0.25, -0.2) is 0 Å². The van der Waals surface area contributed by atoms with Gasteiger partial charge in [0.15, 0.2) is 0 Å². The summed E-state index contributed by atoms with van der Waals surface area (Å²) >= 11 is 1.78. The molecule has 3 N–H and O–H groups in total. The van der Waals surface area contributed by atoms with Gasteiger partial charge in [0.05, 0.1) is 6.42 Å². The normalized spacial score (nSPS) is 13.3. The molecule has 0 fully saturated rings. The Morgan fingerprint density at radius 3 is 2.39 bits per heavy atom. The van der Waals surface area contributed by atoms with Crippen molar-refractivity contribution in [3.05, 3.63) is 29.8 Å². The van der Waals surface area contributed by atoms with Gasteiger partial charge in [-0.3, -0.25) is 4.79 Å². The van der Waals surface area contributed by atoms with Crippen LogP contribution in [0.2, 0.25) is 0 Å². The second-order valence-corrected chi connectivity index (χ2v) is 6.38. The van der Waals surface area contributed by atoms with Gasteiger partial charge in [0.2, 0.25) is 0 Å². The minimum Gasteiger partial charge on any atom is -0.481 e. The van der Waals surface area contributed by atoms with Crippen LogP contribution in [0.3, 0.4) is 0 Å². The number of thioether (sulfide) groups is 1. The molecule has 0 aliphatic rings. The third-order valence-corrected chi connectivity index (χ3v) is 3.89. The molecular formula is C14H21NO2S. The van der Waals surface area contributed by atoms with Crippen LogP contribution in [0.1, 0.15) is 38.8 Å². The van der Waals surface area contributed by atoms with Crippen LogP contribution >= 0.6 is 11.8 Å². The van der Waals surface area contributed by atoms with E-state index in [0.29, 0.717) is 0 Å². The molecule has 4 heteroatoms.